The van der Waals surface area contributed by atoms with Crippen LogP contribution in [0, 0.1) is 0 Å². The number of rotatable bonds is 10. The zero-order chi connectivity index (χ0) is 22.2. The van der Waals surface area contributed by atoms with Crippen LogP contribution in [-0.4, -0.2) is 46.0 Å². The van der Waals surface area contributed by atoms with Crippen molar-refractivity contribution in [1.82, 2.24) is 4.90 Å². The van der Waals surface area contributed by atoms with Crippen LogP contribution in [0.3, 0.4) is 0 Å². The van der Waals surface area contributed by atoms with E-state index in [1.54, 1.807) is 6.08 Å². The summed E-state index contributed by atoms with van der Waals surface area (Å²) in [5.41, 5.74) is 1.97. The summed E-state index contributed by atoms with van der Waals surface area (Å²) < 4.78 is 12.0. The Hall–Kier alpha value is -2.84. The van der Waals surface area contributed by atoms with Crippen molar-refractivity contribution in [2.24, 2.45) is 0 Å². The molecule has 1 N–H and O–H groups in total. The molecule has 1 fully saturated rings. The molecular formula is C23H23NO5S2. The molecule has 1 aliphatic rings. The predicted octanol–water partition coefficient (Wildman–Crippen LogP) is 4.38. The van der Waals surface area contributed by atoms with Crippen molar-refractivity contribution in [3.63, 3.8) is 0 Å². The van der Waals surface area contributed by atoms with Crippen LogP contribution in [-0.2, 0) is 16.0 Å². The molecule has 6 nitrogen and oxygen atoms in total. The topological polar surface area (TPSA) is 76.1 Å². The van der Waals surface area contributed by atoms with Crippen LogP contribution in [0.4, 0.5) is 0 Å². The first-order valence-electron chi connectivity index (χ1n) is 9.88. The molecule has 162 valence electrons. The van der Waals surface area contributed by atoms with E-state index in [0.29, 0.717) is 33.9 Å². The van der Waals surface area contributed by atoms with Gasteiger partial charge in [-0.25, -0.2) is 0 Å². The Bertz CT molecular complexity index is 991. The average molecular weight is 458 g/mol. The first-order chi connectivity index (χ1) is 15.0. The summed E-state index contributed by atoms with van der Waals surface area (Å²) in [6.07, 6.45) is 2.37. The van der Waals surface area contributed by atoms with E-state index < -0.39 is 5.97 Å². The molecule has 1 aliphatic heterocycles. The number of amides is 1. The summed E-state index contributed by atoms with van der Waals surface area (Å²) in [6, 6.07) is 15.6. The fourth-order valence-corrected chi connectivity index (χ4v) is 4.29. The van der Waals surface area contributed by atoms with Crippen LogP contribution in [0.25, 0.3) is 6.08 Å². The zero-order valence-corrected chi connectivity index (χ0v) is 18.7. The molecule has 0 radical (unpaired) electrons. The van der Waals surface area contributed by atoms with Crippen molar-refractivity contribution in [1.29, 1.82) is 0 Å². The first kappa shape index (κ1) is 22.8. The largest absolute Gasteiger partial charge is 0.490 e. The van der Waals surface area contributed by atoms with E-state index in [0.717, 1.165) is 12.0 Å². The van der Waals surface area contributed by atoms with Crippen molar-refractivity contribution in [2.75, 3.05) is 19.8 Å². The second-order valence-corrected chi connectivity index (χ2v) is 8.38. The third kappa shape index (κ3) is 6.32. The standard InChI is InChI=1S/C23H23NO5S2/c1-2-28-19-14-17(8-9-18(19)29-13-11-16-6-4-3-5-7-16)15-20-22(27)24(23(30)31-20)12-10-21(25)26/h3-9,14-15H,2,10-13H2,1H3,(H,25,26)/b20-15-. The predicted molar refractivity (Wildman–Crippen MR) is 125 cm³/mol. The van der Waals surface area contributed by atoms with Gasteiger partial charge in [0.15, 0.2) is 11.5 Å². The van der Waals surface area contributed by atoms with Gasteiger partial charge in [-0.05, 0) is 36.3 Å². The molecule has 0 aromatic heterocycles. The number of thiocarbonyl (C=S) groups is 1. The van der Waals surface area contributed by atoms with Gasteiger partial charge in [0.2, 0.25) is 0 Å². The number of hydrogen-bond donors (Lipinski definition) is 1. The molecule has 1 heterocycles. The van der Waals surface area contributed by atoms with Gasteiger partial charge in [0.05, 0.1) is 24.5 Å². The molecule has 0 unspecified atom stereocenters. The molecule has 0 spiro atoms. The monoisotopic (exact) mass is 457 g/mol. The highest BCUT2D eigenvalue weighted by Gasteiger charge is 2.32. The van der Waals surface area contributed by atoms with Crippen LogP contribution in [0.5, 0.6) is 11.5 Å². The van der Waals surface area contributed by atoms with Crippen LogP contribution in [0.15, 0.2) is 53.4 Å². The Morgan fingerprint density at radius 3 is 2.65 bits per heavy atom. The minimum atomic E-state index is -0.970. The number of hydrogen-bond acceptors (Lipinski definition) is 6. The van der Waals surface area contributed by atoms with Gasteiger partial charge in [0.1, 0.15) is 4.32 Å². The van der Waals surface area contributed by atoms with E-state index in [1.165, 1.54) is 22.2 Å². The van der Waals surface area contributed by atoms with Gasteiger partial charge in [-0.3, -0.25) is 14.5 Å². The van der Waals surface area contributed by atoms with E-state index in [2.05, 4.69) is 12.1 Å². The SMILES string of the molecule is CCOc1cc(/C=C2\SC(=S)N(CCC(=O)O)C2=O)ccc1OCCc1ccccc1. The number of benzene rings is 2. The number of carboxylic acid groups (broad SMARTS) is 1. The number of thioether (sulfide) groups is 1. The summed E-state index contributed by atoms with van der Waals surface area (Å²) in [7, 11) is 0. The lowest BCUT2D eigenvalue weighted by atomic mass is 10.1. The summed E-state index contributed by atoms with van der Waals surface area (Å²) in [5.74, 6) is -0.00533. The van der Waals surface area contributed by atoms with Crippen LogP contribution in [0.1, 0.15) is 24.5 Å². The van der Waals surface area contributed by atoms with Gasteiger partial charge < -0.3 is 14.6 Å². The number of carboxylic acids is 1. The maximum Gasteiger partial charge on any atom is 0.305 e. The molecular weight excluding hydrogens is 434 g/mol. The highest BCUT2D eigenvalue weighted by atomic mass is 32.2. The molecule has 0 aliphatic carbocycles. The molecule has 8 heteroatoms. The van der Waals surface area contributed by atoms with Crippen LogP contribution >= 0.6 is 24.0 Å². The Balaban J connectivity index is 1.70. The third-order valence-corrected chi connectivity index (χ3v) is 5.86. The zero-order valence-electron chi connectivity index (χ0n) is 17.1. The Morgan fingerprint density at radius 1 is 1.16 bits per heavy atom. The fourth-order valence-electron chi connectivity index (χ4n) is 2.98. The van der Waals surface area contributed by atoms with E-state index in [4.69, 9.17) is 26.8 Å². The molecule has 1 amide bonds. The summed E-state index contributed by atoms with van der Waals surface area (Å²) >= 11 is 6.40. The Kier molecular flexibility index (Phi) is 8.08. The number of carbonyl (C=O) groups excluding carboxylic acids is 1. The van der Waals surface area contributed by atoms with Gasteiger partial charge in [0, 0.05) is 13.0 Å². The third-order valence-electron chi connectivity index (χ3n) is 4.48. The van der Waals surface area contributed by atoms with Crippen molar-refractivity contribution >= 4 is 46.3 Å². The lowest BCUT2D eigenvalue weighted by molar-refractivity contribution is -0.137. The maximum absolute atomic E-state index is 12.6. The molecule has 31 heavy (non-hydrogen) atoms. The number of carbonyl (C=O) groups is 2. The molecule has 0 saturated carbocycles. The van der Waals surface area contributed by atoms with Crippen LogP contribution < -0.4 is 9.47 Å². The number of ether oxygens (including phenoxy) is 2. The number of aliphatic carboxylic acids is 1. The second-order valence-electron chi connectivity index (χ2n) is 6.70. The van der Waals surface area contributed by atoms with Gasteiger partial charge in [0.25, 0.3) is 5.91 Å². The molecule has 3 rings (SSSR count). The lowest BCUT2D eigenvalue weighted by Crippen LogP contribution is -2.30. The van der Waals surface area contributed by atoms with E-state index in [9.17, 15) is 9.59 Å². The smallest absolute Gasteiger partial charge is 0.305 e. The summed E-state index contributed by atoms with van der Waals surface area (Å²) in [6.45, 7) is 2.96. The highest BCUT2D eigenvalue weighted by molar-refractivity contribution is 8.26. The first-order valence-corrected chi connectivity index (χ1v) is 11.1. The van der Waals surface area contributed by atoms with Gasteiger partial charge in [-0.15, -0.1) is 0 Å². The van der Waals surface area contributed by atoms with Crippen LogP contribution in [0.2, 0.25) is 0 Å². The quantitative estimate of drug-likeness (QED) is 0.419. The van der Waals surface area contributed by atoms with E-state index in [-0.39, 0.29) is 18.9 Å². The molecule has 1 saturated heterocycles. The second kappa shape index (κ2) is 11.0. The lowest BCUT2D eigenvalue weighted by Gasteiger charge is -2.13. The number of nitrogens with zero attached hydrogens (tertiary/aromatic N) is 1. The minimum Gasteiger partial charge on any atom is -0.490 e. The maximum atomic E-state index is 12.6. The van der Waals surface area contributed by atoms with E-state index in [1.807, 2.05) is 43.3 Å². The van der Waals surface area contributed by atoms with Gasteiger partial charge >= 0.3 is 5.97 Å². The Morgan fingerprint density at radius 2 is 1.94 bits per heavy atom. The molecule has 2 aromatic rings. The molecule has 0 bridgehead atoms. The van der Waals surface area contributed by atoms with Gasteiger partial charge in [-0.2, -0.15) is 0 Å². The summed E-state index contributed by atoms with van der Waals surface area (Å²) in [4.78, 5) is 25.2. The minimum absolute atomic E-state index is 0.0652. The average Bonchev–Trinajstić information content (AvgIpc) is 3.01. The normalized spacial score (nSPS) is 14.9. The van der Waals surface area contributed by atoms with Crippen molar-refractivity contribution in [3.05, 3.63) is 64.6 Å². The van der Waals surface area contributed by atoms with Crippen molar-refractivity contribution < 1.29 is 24.2 Å². The van der Waals surface area contributed by atoms with Crippen molar-refractivity contribution in [2.45, 2.75) is 19.8 Å². The summed E-state index contributed by atoms with van der Waals surface area (Å²) in [5, 5.41) is 8.85. The fraction of sp³-hybridized carbons (Fsp3) is 0.261. The highest BCUT2D eigenvalue weighted by Crippen LogP contribution is 2.35. The molecule has 0 atom stereocenters. The van der Waals surface area contributed by atoms with Gasteiger partial charge in [-0.1, -0.05) is 60.4 Å². The Labute approximate surface area is 190 Å². The van der Waals surface area contributed by atoms with Crippen molar-refractivity contribution in [3.8, 4) is 11.5 Å². The molecule has 2 aromatic carbocycles. The van der Waals surface area contributed by atoms with E-state index >= 15 is 0 Å².